The summed E-state index contributed by atoms with van der Waals surface area (Å²) in [6.45, 7) is 5.24. The summed E-state index contributed by atoms with van der Waals surface area (Å²) in [4.78, 5) is 0. The maximum Gasteiger partial charge on any atom is 0.119 e. The van der Waals surface area contributed by atoms with Crippen LogP contribution in [0.2, 0.25) is 0 Å². The molecule has 27 heavy (non-hydrogen) atoms. The maximum atomic E-state index is 6.00. The summed E-state index contributed by atoms with van der Waals surface area (Å²) in [6, 6.07) is 15.2. The third kappa shape index (κ3) is 3.69. The molecule has 3 unspecified atom stereocenters. The van der Waals surface area contributed by atoms with Crippen LogP contribution in [0.3, 0.4) is 0 Å². The highest BCUT2D eigenvalue weighted by Crippen LogP contribution is 2.50. The molecular weight excluding hydrogens is 334 g/mol. The van der Waals surface area contributed by atoms with E-state index in [2.05, 4.69) is 67.7 Å². The van der Waals surface area contributed by atoms with Gasteiger partial charge in [0.05, 0.1) is 19.8 Å². The van der Waals surface area contributed by atoms with E-state index in [0.29, 0.717) is 23.8 Å². The van der Waals surface area contributed by atoms with E-state index in [1.807, 2.05) is 6.07 Å². The van der Waals surface area contributed by atoms with E-state index in [1.165, 1.54) is 16.8 Å². The molecule has 0 radical (unpaired) electrons. The fourth-order valence-electron chi connectivity index (χ4n) is 4.24. The largest absolute Gasteiger partial charge is 0.497 e. The molecule has 1 N–H and O–H groups in total. The van der Waals surface area contributed by atoms with Crippen LogP contribution in [0.15, 0.2) is 54.6 Å². The van der Waals surface area contributed by atoms with Gasteiger partial charge in [-0.15, -0.1) is 0 Å². The lowest BCUT2D eigenvalue weighted by Crippen LogP contribution is -2.29. The third-order valence-corrected chi connectivity index (χ3v) is 5.75. The van der Waals surface area contributed by atoms with Crippen molar-refractivity contribution in [2.45, 2.75) is 38.6 Å². The van der Waals surface area contributed by atoms with Gasteiger partial charge in [-0.1, -0.05) is 38.1 Å². The molecule has 0 spiro atoms. The predicted octanol–water partition coefficient (Wildman–Crippen LogP) is 5.95. The van der Waals surface area contributed by atoms with Crippen LogP contribution in [0.5, 0.6) is 11.5 Å². The third-order valence-electron chi connectivity index (χ3n) is 5.75. The summed E-state index contributed by atoms with van der Waals surface area (Å²) in [5.74, 6) is 3.52. The topological polar surface area (TPSA) is 30.5 Å². The average molecular weight is 364 g/mol. The fraction of sp³-hybridized carbons (Fsp3) is 0.417. The molecule has 2 aliphatic rings. The van der Waals surface area contributed by atoms with Gasteiger partial charge < -0.3 is 14.8 Å². The van der Waals surface area contributed by atoms with Crippen LogP contribution in [-0.4, -0.2) is 13.7 Å². The first kappa shape index (κ1) is 18.0. The molecule has 1 heterocycles. The lowest BCUT2D eigenvalue weighted by molar-refractivity contribution is 0.289. The standard InChI is InChI=1S/C24H29NO2/c1-16(2)12-13-27-19-10-11-23-22(15-19)20-8-5-9-21(20)24(25-23)17-6-4-7-18(14-17)26-3/h4-8,10-11,14-16,20-21,24-25H,9,12-13H2,1-3H3. The van der Waals surface area contributed by atoms with Gasteiger partial charge >= 0.3 is 0 Å². The van der Waals surface area contributed by atoms with E-state index < -0.39 is 0 Å². The van der Waals surface area contributed by atoms with Gasteiger partial charge in [0.2, 0.25) is 0 Å². The second-order valence-electron chi connectivity index (χ2n) is 8.03. The van der Waals surface area contributed by atoms with Gasteiger partial charge in [-0.05, 0) is 66.1 Å². The smallest absolute Gasteiger partial charge is 0.119 e. The van der Waals surface area contributed by atoms with Crippen LogP contribution in [0.25, 0.3) is 0 Å². The number of benzene rings is 2. The number of nitrogens with one attached hydrogen (secondary N) is 1. The highest BCUT2D eigenvalue weighted by Gasteiger charge is 2.38. The lowest BCUT2D eigenvalue weighted by atomic mass is 9.77. The Balaban J connectivity index is 1.60. The molecule has 0 saturated heterocycles. The quantitative estimate of drug-likeness (QED) is 0.644. The monoisotopic (exact) mass is 363 g/mol. The molecule has 3 nitrogen and oxygen atoms in total. The number of fused-ring (bicyclic) bond motifs is 3. The molecule has 1 aliphatic heterocycles. The predicted molar refractivity (Wildman–Crippen MR) is 111 cm³/mol. The minimum atomic E-state index is 0.292. The maximum absolute atomic E-state index is 6.00. The summed E-state index contributed by atoms with van der Waals surface area (Å²) in [5, 5.41) is 3.79. The number of hydrogen-bond donors (Lipinski definition) is 1. The zero-order valence-electron chi connectivity index (χ0n) is 16.4. The highest BCUT2D eigenvalue weighted by molar-refractivity contribution is 5.62. The van der Waals surface area contributed by atoms with E-state index in [-0.39, 0.29) is 0 Å². The molecule has 0 amide bonds. The van der Waals surface area contributed by atoms with Crippen molar-refractivity contribution < 1.29 is 9.47 Å². The van der Waals surface area contributed by atoms with Gasteiger partial charge in [0, 0.05) is 11.6 Å². The normalized spacial score (nSPS) is 22.9. The van der Waals surface area contributed by atoms with Gasteiger partial charge in [-0.2, -0.15) is 0 Å². The van der Waals surface area contributed by atoms with E-state index in [9.17, 15) is 0 Å². The van der Waals surface area contributed by atoms with E-state index in [4.69, 9.17) is 9.47 Å². The lowest BCUT2D eigenvalue weighted by Gasteiger charge is -2.37. The van der Waals surface area contributed by atoms with Gasteiger partial charge in [0.15, 0.2) is 0 Å². The van der Waals surface area contributed by atoms with Crippen molar-refractivity contribution >= 4 is 5.69 Å². The first-order valence-electron chi connectivity index (χ1n) is 9.99. The highest BCUT2D eigenvalue weighted by atomic mass is 16.5. The van der Waals surface area contributed by atoms with Gasteiger partial charge in [-0.3, -0.25) is 0 Å². The molecule has 0 fully saturated rings. The van der Waals surface area contributed by atoms with Crippen LogP contribution in [0, 0.1) is 11.8 Å². The van der Waals surface area contributed by atoms with Crippen LogP contribution < -0.4 is 14.8 Å². The first-order chi connectivity index (χ1) is 13.2. The molecule has 0 aromatic heterocycles. The Labute approximate surface area is 162 Å². The fourth-order valence-corrected chi connectivity index (χ4v) is 4.24. The first-order valence-corrected chi connectivity index (χ1v) is 9.99. The van der Waals surface area contributed by atoms with Crippen LogP contribution in [-0.2, 0) is 0 Å². The number of hydrogen-bond acceptors (Lipinski definition) is 3. The number of rotatable bonds is 6. The summed E-state index contributed by atoms with van der Waals surface area (Å²) in [5.41, 5.74) is 3.86. The summed E-state index contributed by atoms with van der Waals surface area (Å²) < 4.78 is 11.4. The van der Waals surface area contributed by atoms with Crippen molar-refractivity contribution in [2.24, 2.45) is 11.8 Å². The van der Waals surface area contributed by atoms with Crippen molar-refractivity contribution in [1.82, 2.24) is 0 Å². The Morgan fingerprint density at radius 2 is 2.00 bits per heavy atom. The molecule has 3 heteroatoms. The molecule has 1 aliphatic carbocycles. The summed E-state index contributed by atoms with van der Waals surface area (Å²) in [6.07, 6.45) is 6.87. The van der Waals surface area contributed by atoms with Crippen molar-refractivity contribution in [2.75, 3.05) is 19.0 Å². The van der Waals surface area contributed by atoms with Crippen molar-refractivity contribution in [3.05, 3.63) is 65.7 Å². The molecular formula is C24H29NO2. The minimum absolute atomic E-state index is 0.292. The molecule has 3 atom stereocenters. The molecule has 0 saturated carbocycles. The Bertz CT molecular complexity index is 827. The molecule has 2 aromatic rings. The zero-order chi connectivity index (χ0) is 18.8. The number of ether oxygens (including phenoxy) is 2. The van der Waals surface area contributed by atoms with E-state index in [0.717, 1.165) is 30.9 Å². The average Bonchev–Trinajstić information content (AvgIpc) is 3.17. The van der Waals surface area contributed by atoms with Crippen LogP contribution in [0.1, 0.15) is 49.8 Å². The van der Waals surface area contributed by atoms with Crippen LogP contribution in [0.4, 0.5) is 5.69 Å². The Morgan fingerprint density at radius 1 is 1.11 bits per heavy atom. The van der Waals surface area contributed by atoms with Crippen LogP contribution >= 0.6 is 0 Å². The van der Waals surface area contributed by atoms with Crippen molar-refractivity contribution in [3.63, 3.8) is 0 Å². The van der Waals surface area contributed by atoms with E-state index >= 15 is 0 Å². The molecule has 4 rings (SSSR count). The Morgan fingerprint density at radius 3 is 2.81 bits per heavy atom. The van der Waals surface area contributed by atoms with Crippen molar-refractivity contribution in [1.29, 1.82) is 0 Å². The number of allylic oxidation sites excluding steroid dienone is 2. The second-order valence-corrected chi connectivity index (χ2v) is 8.03. The van der Waals surface area contributed by atoms with E-state index in [1.54, 1.807) is 7.11 Å². The number of anilines is 1. The summed E-state index contributed by atoms with van der Waals surface area (Å²) >= 11 is 0. The van der Waals surface area contributed by atoms with Gasteiger partial charge in [0.1, 0.15) is 11.5 Å². The number of methoxy groups -OCH3 is 1. The van der Waals surface area contributed by atoms with Crippen molar-refractivity contribution in [3.8, 4) is 11.5 Å². The van der Waals surface area contributed by atoms with Gasteiger partial charge in [-0.25, -0.2) is 0 Å². The Hall–Kier alpha value is -2.42. The molecule has 2 aromatic carbocycles. The van der Waals surface area contributed by atoms with Gasteiger partial charge in [0.25, 0.3) is 0 Å². The summed E-state index contributed by atoms with van der Waals surface area (Å²) in [7, 11) is 1.73. The molecule has 0 bridgehead atoms. The Kier molecular flexibility index (Phi) is 5.11. The minimum Gasteiger partial charge on any atom is -0.497 e. The second kappa shape index (κ2) is 7.67. The zero-order valence-corrected chi connectivity index (χ0v) is 16.4. The molecule has 142 valence electrons. The SMILES string of the molecule is COc1cccc(C2Nc3ccc(OCCC(C)C)cc3C3C=CCC32)c1.